The van der Waals surface area contributed by atoms with Crippen LogP contribution in [0.25, 0.3) is 6.08 Å². The van der Waals surface area contributed by atoms with E-state index in [1.807, 2.05) is 31.3 Å². The Bertz CT molecular complexity index is 1080. The number of carbonyl (C=O) groups excluding carboxylic acids is 1. The average molecular weight is 463 g/mol. The van der Waals surface area contributed by atoms with E-state index < -0.39 is 11.0 Å². The number of aromatic hydroxyl groups is 2. The van der Waals surface area contributed by atoms with E-state index in [1.54, 1.807) is 41.3 Å². The monoisotopic (exact) mass is 462 g/mol. The van der Waals surface area contributed by atoms with Gasteiger partial charge in [0.05, 0.1) is 5.60 Å². The fourth-order valence-electron chi connectivity index (χ4n) is 5.80. The summed E-state index contributed by atoms with van der Waals surface area (Å²) in [5.74, 6) is 0.225. The highest BCUT2D eigenvalue weighted by atomic mass is 16.3. The van der Waals surface area contributed by atoms with Crippen LogP contribution in [0.2, 0.25) is 0 Å². The third-order valence-electron chi connectivity index (χ3n) is 7.68. The number of hydrogen-bond donors (Lipinski definition) is 3. The van der Waals surface area contributed by atoms with Crippen molar-refractivity contribution in [2.75, 3.05) is 26.7 Å². The molecule has 1 saturated heterocycles. The van der Waals surface area contributed by atoms with Crippen LogP contribution in [0.4, 0.5) is 0 Å². The molecular formula is C28H34N2O4. The molecule has 3 N–H and O–H groups in total. The number of benzene rings is 2. The fraction of sp³-hybridized carbons (Fsp3) is 0.393. The Morgan fingerprint density at radius 3 is 2.62 bits per heavy atom. The summed E-state index contributed by atoms with van der Waals surface area (Å²) in [4.78, 5) is 17.0. The van der Waals surface area contributed by atoms with Crippen LogP contribution < -0.4 is 0 Å². The Morgan fingerprint density at radius 2 is 1.91 bits per heavy atom. The molecule has 6 heteroatoms. The molecule has 2 aromatic rings. The highest BCUT2D eigenvalue weighted by molar-refractivity contribution is 5.91. The first kappa shape index (κ1) is 24.0. The molecule has 1 heterocycles. The van der Waals surface area contributed by atoms with Crippen molar-refractivity contribution in [3.63, 3.8) is 0 Å². The van der Waals surface area contributed by atoms with Crippen molar-refractivity contribution >= 4 is 12.0 Å². The van der Waals surface area contributed by atoms with E-state index in [-0.39, 0.29) is 23.4 Å². The third-order valence-corrected chi connectivity index (χ3v) is 7.68. The number of nitrogens with zero attached hydrogens (tertiary/aromatic N) is 2. The Labute approximate surface area is 201 Å². The summed E-state index contributed by atoms with van der Waals surface area (Å²) < 4.78 is 0. The van der Waals surface area contributed by atoms with Crippen molar-refractivity contribution < 1.29 is 20.1 Å². The lowest BCUT2D eigenvalue weighted by molar-refractivity contribution is -0.143. The first-order chi connectivity index (χ1) is 16.3. The van der Waals surface area contributed by atoms with Gasteiger partial charge >= 0.3 is 0 Å². The minimum Gasteiger partial charge on any atom is -0.508 e. The standard InChI is InChI=1S/C28H34N2O4/c1-3-15-30-16-14-27(22-7-5-9-25(32)18-22)19-23(12-13-28(27,34)20-30)29(2)26(33)11-10-21-6-4-8-24(31)17-21/h3-11,17-18,23,31-32,34H,1,12-16,19-20H2,2H3/t23-,27-,28-/m0/s1. The van der Waals surface area contributed by atoms with Crippen LogP contribution in [0.15, 0.2) is 67.3 Å². The number of phenols is 2. The largest absolute Gasteiger partial charge is 0.508 e. The number of fused-ring (bicyclic) bond motifs is 1. The number of likely N-dealkylation sites (N-methyl/N-ethyl adjacent to an activating group) is 1. The molecule has 0 spiro atoms. The molecule has 2 aromatic carbocycles. The van der Waals surface area contributed by atoms with E-state index in [0.717, 1.165) is 30.6 Å². The summed E-state index contributed by atoms with van der Waals surface area (Å²) in [6.45, 7) is 5.92. The molecule has 0 radical (unpaired) electrons. The molecule has 34 heavy (non-hydrogen) atoms. The van der Waals surface area contributed by atoms with Gasteiger partial charge in [-0.25, -0.2) is 0 Å². The van der Waals surface area contributed by atoms with Gasteiger partial charge in [-0.3, -0.25) is 9.69 Å². The predicted octanol–water partition coefficient (Wildman–Crippen LogP) is 3.68. The summed E-state index contributed by atoms with van der Waals surface area (Å²) in [7, 11) is 1.81. The van der Waals surface area contributed by atoms with Gasteiger partial charge in [-0.15, -0.1) is 6.58 Å². The maximum atomic E-state index is 13.0. The van der Waals surface area contributed by atoms with Crippen LogP contribution in [0.5, 0.6) is 11.5 Å². The SMILES string of the molecule is C=CCN1CC[C@@]2(c3cccc(O)c3)C[C@@H](N(C)C(=O)C=Cc3cccc(O)c3)CC[C@]2(O)C1. The second-order valence-corrected chi connectivity index (χ2v) is 9.71. The second kappa shape index (κ2) is 9.65. The minimum absolute atomic E-state index is 0.0464. The minimum atomic E-state index is -0.958. The lowest BCUT2D eigenvalue weighted by Crippen LogP contribution is -2.67. The molecule has 6 nitrogen and oxygen atoms in total. The summed E-state index contributed by atoms with van der Waals surface area (Å²) in [5.41, 5.74) is 0.162. The molecule has 0 bridgehead atoms. The highest BCUT2D eigenvalue weighted by Crippen LogP contribution is 2.52. The van der Waals surface area contributed by atoms with Crippen molar-refractivity contribution in [3.8, 4) is 11.5 Å². The zero-order chi connectivity index (χ0) is 24.3. The van der Waals surface area contributed by atoms with E-state index in [4.69, 9.17) is 0 Å². The average Bonchev–Trinajstić information content (AvgIpc) is 2.82. The van der Waals surface area contributed by atoms with Crippen molar-refractivity contribution in [2.45, 2.75) is 42.7 Å². The first-order valence-corrected chi connectivity index (χ1v) is 11.9. The van der Waals surface area contributed by atoms with Crippen LogP contribution in [0, 0.1) is 0 Å². The van der Waals surface area contributed by atoms with Gasteiger partial charge < -0.3 is 20.2 Å². The fourth-order valence-corrected chi connectivity index (χ4v) is 5.80. The van der Waals surface area contributed by atoms with E-state index >= 15 is 0 Å². The molecule has 1 saturated carbocycles. The van der Waals surface area contributed by atoms with Gasteiger partial charge in [0.15, 0.2) is 0 Å². The normalized spacial score (nSPS) is 27.3. The number of aliphatic hydroxyl groups is 1. The molecule has 4 rings (SSSR count). The second-order valence-electron chi connectivity index (χ2n) is 9.71. The Kier molecular flexibility index (Phi) is 6.82. The molecule has 3 atom stereocenters. The maximum Gasteiger partial charge on any atom is 0.246 e. The zero-order valence-electron chi connectivity index (χ0n) is 19.7. The molecule has 1 aliphatic carbocycles. The number of carbonyl (C=O) groups is 1. The highest BCUT2D eigenvalue weighted by Gasteiger charge is 2.58. The summed E-state index contributed by atoms with van der Waals surface area (Å²) in [5, 5.41) is 31.9. The number of β-amino-alcohol motifs (C(OH)–C–C–N with tert-alkyl or cyclic N) is 1. The van der Waals surface area contributed by atoms with Crippen molar-refractivity contribution in [1.82, 2.24) is 9.80 Å². The van der Waals surface area contributed by atoms with Gasteiger partial charge in [-0.05, 0) is 73.7 Å². The number of phenolic OH excluding ortho intramolecular Hbond substituents is 2. The van der Waals surface area contributed by atoms with Gasteiger partial charge in [0.25, 0.3) is 0 Å². The van der Waals surface area contributed by atoms with E-state index in [1.165, 1.54) is 6.08 Å². The first-order valence-electron chi connectivity index (χ1n) is 11.9. The number of hydrogen-bond acceptors (Lipinski definition) is 5. The summed E-state index contributed by atoms with van der Waals surface area (Å²) in [6, 6.07) is 13.9. The quantitative estimate of drug-likeness (QED) is 0.451. The Balaban J connectivity index is 1.60. The van der Waals surface area contributed by atoms with Gasteiger partial charge in [-0.1, -0.05) is 30.3 Å². The number of likely N-dealkylation sites (tertiary alicyclic amines) is 1. The smallest absolute Gasteiger partial charge is 0.246 e. The molecule has 0 aromatic heterocycles. The molecule has 2 aliphatic rings. The third kappa shape index (κ3) is 4.61. The molecule has 2 fully saturated rings. The van der Waals surface area contributed by atoms with Crippen LogP contribution in [0.1, 0.15) is 36.8 Å². The Morgan fingerprint density at radius 1 is 1.18 bits per heavy atom. The van der Waals surface area contributed by atoms with E-state index in [2.05, 4.69) is 11.5 Å². The van der Waals surface area contributed by atoms with Gasteiger partial charge in [0.1, 0.15) is 11.5 Å². The van der Waals surface area contributed by atoms with Crippen molar-refractivity contribution in [2.24, 2.45) is 0 Å². The topological polar surface area (TPSA) is 84.2 Å². The zero-order valence-corrected chi connectivity index (χ0v) is 19.7. The van der Waals surface area contributed by atoms with Gasteiger partial charge in [0, 0.05) is 37.7 Å². The maximum absolute atomic E-state index is 13.0. The van der Waals surface area contributed by atoms with Crippen LogP contribution in [-0.4, -0.2) is 69.4 Å². The lowest BCUT2D eigenvalue weighted by atomic mass is 9.55. The lowest BCUT2D eigenvalue weighted by Gasteiger charge is -2.58. The van der Waals surface area contributed by atoms with Gasteiger partial charge in [0.2, 0.25) is 5.91 Å². The summed E-state index contributed by atoms with van der Waals surface area (Å²) in [6.07, 6.45) is 7.72. The van der Waals surface area contributed by atoms with Crippen LogP contribution in [0.3, 0.4) is 0 Å². The number of rotatable bonds is 6. The number of piperidine rings is 1. The molecule has 1 aliphatic heterocycles. The van der Waals surface area contributed by atoms with E-state index in [0.29, 0.717) is 25.8 Å². The molecule has 0 unspecified atom stereocenters. The molecule has 1 amide bonds. The summed E-state index contributed by atoms with van der Waals surface area (Å²) >= 11 is 0. The molecular weight excluding hydrogens is 428 g/mol. The van der Waals surface area contributed by atoms with Crippen LogP contribution >= 0.6 is 0 Å². The number of amides is 1. The van der Waals surface area contributed by atoms with Crippen molar-refractivity contribution in [3.05, 3.63) is 78.4 Å². The van der Waals surface area contributed by atoms with Crippen LogP contribution in [-0.2, 0) is 10.2 Å². The van der Waals surface area contributed by atoms with E-state index in [9.17, 15) is 20.1 Å². The van der Waals surface area contributed by atoms with Gasteiger partial charge in [-0.2, -0.15) is 0 Å². The van der Waals surface area contributed by atoms with Crippen molar-refractivity contribution in [1.29, 1.82) is 0 Å². The molecule has 180 valence electrons. The Hall–Kier alpha value is -3.09. The predicted molar refractivity (Wildman–Crippen MR) is 134 cm³/mol.